The first kappa shape index (κ1) is 16.5. The number of aliphatic carboxylic acids is 1. The maximum atomic E-state index is 13.5. The minimum atomic E-state index is -1.11. The normalized spacial score (nSPS) is 11.7. The van der Waals surface area contributed by atoms with Gasteiger partial charge < -0.3 is 14.9 Å². The molecule has 2 N–H and O–H groups in total. The van der Waals surface area contributed by atoms with E-state index in [0.717, 1.165) is 6.07 Å². The van der Waals surface area contributed by atoms with Crippen LogP contribution in [0.4, 0.5) is 4.39 Å². The summed E-state index contributed by atoms with van der Waals surface area (Å²) in [5, 5.41) is 18.3. The molecule has 0 aliphatic heterocycles. The Morgan fingerprint density at radius 2 is 1.78 bits per heavy atom. The summed E-state index contributed by atoms with van der Waals surface area (Å²) in [6, 6.07) is 9.62. The molecule has 0 aromatic heterocycles. The monoisotopic (exact) mass is 318 g/mol. The molecule has 2 aromatic carbocycles. The first-order valence-electron chi connectivity index (χ1n) is 6.81. The van der Waals surface area contributed by atoms with Gasteiger partial charge in [-0.2, -0.15) is 0 Å². The molecule has 0 heterocycles. The van der Waals surface area contributed by atoms with Crippen LogP contribution in [0.2, 0.25) is 0 Å². The molecule has 6 heteroatoms. The summed E-state index contributed by atoms with van der Waals surface area (Å²) in [6.07, 6.45) is 0.0923. The van der Waals surface area contributed by atoms with Crippen LogP contribution in [-0.2, 0) is 11.2 Å². The van der Waals surface area contributed by atoms with Crippen molar-refractivity contribution in [3.05, 3.63) is 65.0 Å². The van der Waals surface area contributed by atoms with Crippen molar-refractivity contribution in [2.24, 2.45) is 0 Å². The lowest BCUT2D eigenvalue weighted by atomic mass is 9.91. The second-order valence-electron chi connectivity index (χ2n) is 4.98. The van der Waals surface area contributed by atoms with E-state index in [0.29, 0.717) is 11.3 Å². The van der Waals surface area contributed by atoms with Gasteiger partial charge in [0.2, 0.25) is 0 Å². The molecule has 0 saturated heterocycles. The molecule has 1 unspecified atom stereocenters. The highest BCUT2D eigenvalue weighted by Gasteiger charge is 2.24. The highest BCUT2D eigenvalue weighted by Crippen LogP contribution is 2.30. The van der Waals surface area contributed by atoms with Crippen molar-refractivity contribution in [1.82, 2.24) is 0 Å². The third kappa shape index (κ3) is 3.85. The smallest absolute Gasteiger partial charge is 0.335 e. The summed E-state index contributed by atoms with van der Waals surface area (Å²) >= 11 is 0. The summed E-state index contributed by atoms with van der Waals surface area (Å²) in [6.45, 7) is 0. The minimum Gasteiger partial charge on any atom is -0.496 e. The number of carboxylic acid groups (broad SMARTS) is 2. The number of carboxylic acids is 2. The number of aromatic carboxylic acids is 1. The number of hydrogen-bond donors (Lipinski definition) is 2. The molecule has 0 amide bonds. The molecule has 0 aliphatic carbocycles. The highest BCUT2D eigenvalue weighted by atomic mass is 19.1. The molecule has 0 saturated carbocycles. The number of carbonyl (C=O) groups is 2. The van der Waals surface area contributed by atoms with Crippen molar-refractivity contribution >= 4 is 11.9 Å². The molecule has 0 fully saturated rings. The van der Waals surface area contributed by atoms with Crippen LogP contribution < -0.4 is 4.74 Å². The molecule has 0 aliphatic rings. The zero-order chi connectivity index (χ0) is 17.0. The number of methoxy groups -OCH3 is 1. The Balaban J connectivity index is 2.34. The summed E-state index contributed by atoms with van der Waals surface area (Å²) in [5.74, 6) is -3.43. The van der Waals surface area contributed by atoms with E-state index in [9.17, 15) is 19.1 Å². The molecule has 2 aromatic rings. The van der Waals surface area contributed by atoms with Gasteiger partial charge in [0.05, 0.1) is 18.6 Å². The lowest BCUT2D eigenvalue weighted by molar-refractivity contribution is -0.138. The lowest BCUT2D eigenvalue weighted by Gasteiger charge is -2.16. The maximum Gasteiger partial charge on any atom is 0.335 e. The molecule has 2 rings (SSSR count). The Labute approximate surface area is 132 Å². The zero-order valence-electron chi connectivity index (χ0n) is 12.3. The van der Waals surface area contributed by atoms with Crippen LogP contribution in [0.15, 0.2) is 42.5 Å². The maximum absolute atomic E-state index is 13.5. The van der Waals surface area contributed by atoms with Gasteiger partial charge >= 0.3 is 11.9 Å². The van der Waals surface area contributed by atoms with E-state index in [4.69, 9.17) is 9.84 Å². The quantitative estimate of drug-likeness (QED) is 0.855. The van der Waals surface area contributed by atoms with Crippen LogP contribution in [0.25, 0.3) is 0 Å². The van der Waals surface area contributed by atoms with Crippen LogP contribution >= 0.6 is 0 Å². The van der Waals surface area contributed by atoms with Crippen molar-refractivity contribution in [2.45, 2.75) is 12.3 Å². The van der Waals surface area contributed by atoms with E-state index in [1.165, 1.54) is 31.4 Å². The summed E-state index contributed by atoms with van der Waals surface area (Å²) in [5.41, 5.74) is 0.986. The van der Waals surface area contributed by atoms with Crippen molar-refractivity contribution in [1.29, 1.82) is 0 Å². The third-order valence-corrected chi connectivity index (χ3v) is 3.51. The fourth-order valence-corrected chi connectivity index (χ4v) is 2.33. The Kier molecular flexibility index (Phi) is 4.95. The van der Waals surface area contributed by atoms with Gasteiger partial charge in [0.25, 0.3) is 0 Å². The van der Waals surface area contributed by atoms with Crippen LogP contribution in [-0.4, -0.2) is 29.3 Å². The Hall–Kier alpha value is -2.89. The molecular weight excluding hydrogens is 303 g/mol. The molecule has 0 spiro atoms. The molecule has 1 atom stereocenters. The number of hydrogen-bond acceptors (Lipinski definition) is 3. The van der Waals surface area contributed by atoms with Gasteiger partial charge in [-0.25, -0.2) is 9.18 Å². The van der Waals surface area contributed by atoms with E-state index in [1.807, 2.05) is 0 Å². The molecular formula is C17H15FO5. The SMILES string of the molecule is COc1ccc(F)cc1C(Cc1ccc(C(=O)O)cc1)C(=O)O. The number of rotatable bonds is 6. The topological polar surface area (TPSA) is 83.8 Å². The molecule has 5 nitrogen and oxygen atoms in total. The standard InChI is InChI=1S/C17H15FO5/c1-23-15-7-6-12(18)9-13(15)14(17(21)22)8-10-2-4-11(5-3-10)16(19)20/h2-7,9,14H,8H2,1H3,(H,19,20)(H,21,22). The van der Waals surface area contributed by atoms with E-state index >= 15 is 0 Å². The number of benzene rings is 2. The van der Waals surface area contributed by atoms with E-state index < -0.39 is 23.7 Å². The summed E-state index contributed by atoms with van der Waals surface area (Å²) < 4.78 is 18.6. The predicted molar refractivity (Wildman–Crippen MR) is 80.4 cm³/mol. The fraction of sp³-hybridized carbons (Fsp3) is 0.176. The van der Waals surface area contributed by atoms with E-state index in [-0.39, 0.29) is 17.5 Å². The molecule has 0 bridgehead atoms. The zero-order valence-corrected chi connectivity index (χ0v) is 12.3. The average Bonchev–Trinajstić information content (AvgIpc) is 2.52. The number of halogens is 1. The van der Waals surface area contributed by atoms with Crippen LogP contribution in [0.5, 0.6) is 5.75 Å². The molecule has 120 valence electrons. The summed E-state index contributed by atoms with van der Waals surface area (Å²) in [7, 11) is 1.39. The first-order chi connectivity index (χ1) is 10.9. The first-order valence-corrected chi connectivity index (χ1v) is 6.81. The van der Waals surface area contributed by atoms with Gasteiger partial charge in [0, 0.05) is 5.56 Å². The third-order valence-electron chi connectivity index (χ3n) is 3.51. The molecule has 0 radical (unpaired) electrons. The van der Waals surface area contributed by atoms with Crippen molar-refractivity contribution in [2.75, 3.05) is 7.11 Å². The van der Waals surface area contributed by atoms with Crippen LogP contribution in [0, 0.1) is 5.82 Å². The van der Waals surface area contributed by atoms with Crippen LogP contribution in [0.3, 0.4) is 0 Å². The largest absolute Gasteiger partial charge is 0.496 e. The van der Waals surface area contributed by atoms with Gasteiger partial charge in [-0.05, 0) is 42.3 Å². The van der Waals surface area contributed by atoms with Gasteiger partial charge in [-0.1, -0.05) is 12.1 Å². The van der Waals surface area contributed by atoms with Gasteiger partial charge in [-0.15, -0.1) is 0 Å². The second-order valence-corrected chi connectivity index (χ2v) is 4.98. The Morgan fingerprint density at radius 1 is 1.13 bits per heavy atom. The van der Waals surface area contributed by atoms with Gasteiger partial charge in [-0.3, -0.25) is 4.79 Å². The van der Waals surface area contributed by atoms with Crippen molar-refractivity contribution in [3.63, 3.8) is 0 Å². The highest BCUT2D eigenvalue weighted by molar-refractivity contribution is 5.87. The Morgan fingerprint density at radius 3 is 2.30 bits per heavy atom. The van der Waals surface area contributed by atoms with Gasteiger partial charge in [0.15, 0.2) is 0 Å². The minimum absolute atomic E-state index is 0.0923. The predicted octanol–water partition coefficient (Wildman–Crippen LogP) is 2.94. The van der Waals surface area contributed by atoms with Crippen molar-refractivity contribution in [3.8, 4) is 5.75 Å². The molecule has 23 heavy (non-hydrogen) atoms. The number of ether oxygens (including phenoxy) is 1. The van der Waals surface area contributed by atoms with E-state index in [2.05, 4.69) is 0 Å². The fourth-order valence-electron chi connectivity index (χ4n) is 2.33. The Bertz CT molecular complexity index is 724. The summed E-state index contributed by atoms with van der Waals surface area (Å²) in [4.78, 5) is 22.4. The second kappa shape index (κ2) is 6.91. The lowest BCUT2D eigenvalue weighted by Crippen LogP contribution is -2.16. The van der Waals surface area contributed by atoms with Crippen molar-refractivity contribution < 1.29 is 28.9 Å². The van der Waals surface area contributed by atoms with E-state index in [1.54, 1.807) is 12.1 Å². The van der Waals surface area contributed by atoms with Gasteiger partial charge in [0.1, 0.15) is 11.6 Å². The average molecular weight is 318 g/mol. The van der Waals surface area contributed by atoms with Crippen LogP contribution in [0.1, 0.15) is 27.4 Å².